The maximum Gasteiger partial charge on any atom is 0.277 e. The average molecular weight is 439 g/mol. The Morgan fingerprint density at radius 1 is 1.23 bits per heavy atom. The lowest BCUT2D eigenvalue weighted by Crippen LogP contribution is -2.24. The van der Waals surface area contributed by atoms with Crippen LogP contribution in [0.4, 0.5) is 5.69 Å². The fourth-order valence-electron chi connectivity index (χ4n) is 2.31. The number of benzene rings is 2. The number of amides is 1. The van der Waals surface area contributed by atoms with Gasteiger partial charge in [-0.15, -0.1) is 0 Å². The third-order valence-electron chi connectivity index (χ3n) is 3.68. The normalized spacial score (nSPS) is 10.8. The van der Waals surface area contributed by atoms with Crippen LogP contribution in [-0.4, -0.2) is 31.8 Å². The molecule has 0 radical (unpaired) electrons. The van der Waals surface area contributed by atoms with E-state index in [0.29, 0.717) is 15.2 Å². The van der Waals surface area contributed by atoms with E-state index in [4.69, 9.17) is 16.3 Å². The summed E-state index contributed by atoms with van der Waals surface area (Å²) >= 11 is 9.20. The molecule has 0 heterocycles. The molecule has 0 unspecified atom stereocenters. The lowest BCUT2D eigenvalue weighted by Gasteiger charge is -2.20. The second-order valence-corrected chi connectivity index (χ2v) is 6.71. The molecule has 0 bridgehead atoms. The van der Waals surface area contributed by atoms with E-state index in [1.807, 2.05) is 24.3 Å². The quantitative estimate of drug-likeness (QED) is 0.488. The Kier molecular flexibility index (Phi) is 7.94. The Morgan fingerprint density at radius 3 is 2.54 bits per heavy atom. The first kappa shape index (κ1) is 20.3. The molecule has 5 nitrogen and oxygen atoms in total. The predicted octanol–water partition coefficient (Wildman–Crippen LogP) is 4.48. The van der Waals surface area contributed by atoms with Crippen LogP contribution in [0.2, 0.25) is 5.02 Å². The molecule has 1 N–H and O–H groups in total. The smallest absolute Gasteiger partial charge is 0.277 e. The molecule has 0 aliphatic heterocycles. The van der Waals surface area contributed by atoms with Crippen LogP contribution in [-0.2, 0) is 4.79 Å². The van der Waals surface area contributed by atoms with Gasteiger partial charge < -0.3 is 9.64 Å². The molecule has 0 aliphatic rings. The van der Waals surface area contributed by atoms with E-state index in [1.165, 1.54) is 0 Å². The van der Waals surface area contributed by atoms with E-state index in [2.05, 4.69) is 45.2 Å². The highest BCUT2D eigenvalue weighted by Gasteiger charge is 2.05. The number of carbonyl (C=O) groups is 1. The molecule has 138 valence electrons. The van der Waals surface area contributed by atoms with Crippen molar-refractivity contribution >= 4 is 45.3 Å². The molecule has 2 rings (SSSR count). The number of ether oxygens (including phenoxy) is 1. The molecule has 1 amide bonds. The van der Waals surface area contributed by atoms with E-state index < -0.39 is 0 Å². The van der Waals surface area contributed by atoms with Gasteiger partial charge in [-0.05, 0) is 65.7 Å². The van der Waals surface area contributed by atoms with Crippen LogP contribution in [0.5, 0.6) is 5.75 Å². The van der Waals surface area contributed by atoms with Crippen molar-refractivity contribution in [2.75, 3.05) is 24.6 Å². The van der Waals surface area contributed by atoms with E-state index in [1.54, 1.807) is 24.4 Å². The summed E-state index contributed by atoms with van der Waals surface area (Å²) in [4.78, 5) is 14.1. The molecule has 0 saturated heterocycles. The van der Waals surface area contributed by atoms with Crippen LogP contribution < -0.4 is 15.1 Å². The van der Waals surface area contributed by atoms with Crippen molar-refractivity contribution in [3.63, 3.8) is 0 Å². The van der Waals surface area contributed by atoms with E-state index in [9.17, 15) is 4.79 Å². The molecule has 2 aromatic carbocycles. The van der Waals surface area contributed by atoms with E-state index in [0.717, 1.165) is 24.3 Å². The highest BCUT2D eigenvalue weighted by molar-refractivity contribution is 9.10. The van der Waals surface area contributed by atoms with Crippen molar-refractivity contribution in [1.82, 2.24) is 5.43 Å². The Hall–Kier alpha value is -2.05. The zero-order valence-corrected chi connectivity index (χ0v) is 17.0. The monoisotopic (exact) mass is 437 g/mol. The first-order valence-electron chi connectivity index (χ1n) is 8.28. The van der Waals surface area contributed by atoms with Crippen molar-refractivity contribution in [2.24, 2.45) is 5.10 Å². The van der Waals surface area contributed by atoms with E-state index >= 15 is 0 Å². The fourth-order valence-corrected chi connectivity index (χ4v) is 3.10. The van der Waals surface area contributed by atoms with Gasteiger partial charge in [-0.25, -0.2) is 5.43 Å². The minimum absolute atomic E-state index is 0.140. The Balaban J connectivity index is 1.83. The zero-order chi connectivity index (χ0) is 18.9. The molecule has 0 spiro atoms. The number of rotatable bonds is 8. The van der Waals surface area contributed by atoms with Crippen molar-refractivity contribution < 1.29 is 9.53 Å². The zero-order valence-electron chi connectivity index (χ0n) is 14.7. The van der Waals surface area contributed by atoms with Gasteiger partial charge in [0.25, 0.3) is 5.91 Å². The van der Waals surface area contributed by atoms with Crippen LogP contribution >= 0.6 is 27.5 Å². The maximum absolute atomic E-state index is 11.8. The van der Waals surface area contributed by atoms with Crippen LogP contribution in [0, 0.1) is 0 Å². The average Bonchev–Trinajstić information content (AvgIpc) is 2.63. The summed E-state index contributed by atoms with van der Waals surface area (Å²) in [7, 11) is 0. The lowest BCUT2D eigenvalue weighted by atomic mass is 10.2. The first-order chi connectivity index (χ1) is 12.5. The van der Waals surface area contributed by atoms with Gasteiger partial charge in [0.15, 0.2) is 6.61 Å². The Labute approximate surface area is 167 Å². The summed E-state index contributed by atoms with van der Waals surface area (Å²) in [5.74, 6) is 0.198. The van der Waals surface area contributed by atoms with Gasteiger partial charge in [0.1, 0.15) is 5.75 Å². The molecule has 7 heteroatoms. The molecule has 2 aromatic rings. The molecular weight excluding hydrogens is 418 g/mol. The summed E-state index contributed by atoms with van der Waals surface area (Å²) < 4.78 is 6.12. The molecule has 0 fully saturated rings. The molecule has 26 heavy (non-hydrogen) atoms. The number of hydrogen-bond donors (Lipinski definition) is 1. The molecular formula is C19H21BrClN3O2. The topological polar surface area (TPSA) is 53.9 Å². The Bertz CT molecular complexity index is 762. The van der Waals surface area contributed by atoms with Gasteiger partial charge >= 0.3 is 0 Å². The number of anilines is 1. The number of nitrogens with one attached hydrogen (secondary N) is 1. The summed E-state index contributed by atoms with van der Waals surface area (Å²) in [6, 6.07) is 13.1. The van der Waals surface area contributed by atoms with Crippen molar-refractivity contribution in [3.05, 3.63) is 57.5 Å². The largest absolute Gasteiger partial charge is 0.483 e. The maximum atomic E-state index is 11.8. The minimum Gasteiger partial charge on any atom is -0.483 e. The number of hydrazone groups is 1. The van der Waals surface area contributed by atoms with Crippen molar-refractivity contribution in [1.29, 1.82) is 0 Å². The predicted molar refractivity (Wildman–Crippen MR) is 110 cm³/mol. The highest BCUT2D eigenvalue weighted by atomic mass is 79.9. The number of carbonyl (C=O) groups excluding carboxylic acids is 1. The van der Waals surface area contributed by atoms with Gasteiger partial charge in [0.2, 0.25) is 0 Å². The number of nitrogens with zero attached hydrogens (tertiary/aromatic N) is 2. The number of hydrogen-bond acceptors (Lipinski definition) is 4. The minimum atomic E-state index is -0.345. The fraction of sp³-hybridized carbons (Fsp3) is 0.263. The second-order valence-electron chi connectivity index (χ2n) is 5.42. The Morgan fingerprint density at radius 2 is 1.92 bits per heavy atom. The van der Waals surface area contributed by atoms with Gasteiger partial charge in [-0.1, -0.05) is 23.7 Å². The second kappa shape index (κ2) is 10.2. The van der Waals surface area contributed by atoms with Crippen molar-refractivity contribution in [3.8, 4) is 5.75 Å². The van der Waals surface area contributed by atoms with Gasteiger partial charge in [-0.2, -0.15) is 5.10 Å². The highest BCUT2D eigenvalue weighted by Crippen LogP contribution is 2.27. The van der Waals surface area contributed by atoms with Crippen LogP contribution in [0.1, 0.15) is 19.4 Å². The molecule has 0 aromatic heterocycles. The third kappa shape index (κ3) is 6.04. The summed E-state index contributed by atoms with van der Waals surface area (Å²) in [6.07, 6.45) is 1.60. The molecule has 0 saturated carbocycles. The van der Waals surface area contributed by atoms with Crippen LogP contribution in [0.3, 0.4) is 0 Å². The van der Waals surface area contributed by atoms with Crippen LogP contribution in [0.15, 0.2) is 52.0 Å². The number of halogens is 2. The third-order valence-corrected chi connectivity index (χ3v) is 4.53. The summed E-state index contributed by atoms with van der Waals surface area (Å²) in [6.45, 7) is 6.03. The van der Waals surface area contributed by atoms with Gasteiger partial charge in [0, 0.05) is 23.8 Å². The molecule has 0 atom stereocenters. The van der Waals surface area contributed by atoms with Crippen LogP contribution in [0.25, 0.3) is 0 Å². The first-order valence-corrected chi connectivity index (χ1v) is 9.45. The SMILES string of the molecule is CCN(CC)c1ccc(/C=N/NC(=O)COc2ccc(Cl)cc2Br)cc1. The van der Waals surface area contributed by atoms with Gasteiger partial charge in [-0.3, -0.25) is 4.79 Å². The summed E-state index contributed by atoms with van der Waals surface area (Å²) in [5.41, 5.74) is 4.52. The molecule has 0 aliphatic carbocycles. The summed E-state index contributed by atoms with van der Waals surface area (Å²) in [5, 5.41) is 4.54. The standard InChI is InChI=1S/C19H21BrClN3O2/c1-3-24(4-2)16-8-5-14(6-9-16)12-22-23-19(25)13-26-18-10-7-15(21)11-17(18)20/h5-12H,3-4,13H2,1-2H3,(H,23,25)/b22-12+. The van der Waals surface area contributed by atoms with E-state index in [-0.39, 0.29) is 12.5 Å². The lowest BCUT2D eigenvalue weighted by molar-refractivity contribution is -0.123. The van der Waals surface area contributed by atoms with Gasteiger partial charge in [0.05, 0.1) is 10.7 Å². The van der Waals surface area contributed by atoms with Crippen molar-refractivity contribution in [2.45, 2.75) is 13.8 Å².